The fraction of sp³-hybridized carbons (Fsp3) is 0.154. The van der Waals surface area contributed by atoms with Gasteiger partial charge in [-0.05, 0) is 31.2 Å². The average Bonchev–Trinajstić information content (AvgIpc) is 2.81. The number of benzene rings is 1. The summed E-state index contributed by atoms with van der Waals surface area (Å²) in [6.45, 7) is 1.64. The van der Waals surface area contributed by atoms with Crippen molar-refractivity contribution in [3.05, 3.63) is 39.9 Å². The van der Waals surface area contributed by atoms with E-state index in [2.05, 4.69) is 10.3 Å². The fourth-order valence-electron chi connectivity index (χ4n) is 1.49. The molecule has 8 heteroatoms. The molecule has 0 aliphatic rings. The maximum atomic E-state index is 11.8. The van der Waals surface area contributed by atoms with E-state index >= 15 is 0 Å². The number of rotatable bonds is 5. The number of anilines is 1. The van der Waals surface area contributed by atoms with Crippen LogP contribution in [0, 0.1) is 6.92 Å². The van der Waals surface area contributed by atoms with E-state index in [0.717, 1.165) is 11.3 Å². The van der Waals surface area contributed by atoms with Gasteiger partial charge in [0.15, 0.2) is 4.34 Å². The zero-order valence-corrected chi connectivity index (χ0v) is 13.3. The summed E-state index contributed by atoms with van der Waals surface area (Å²) in [5, 5.41) is 12.3. The van der Waals surface area contributed by atoms with Gasteiger partial charge < -0.3 is 10.4 Å². The van der Waals surface area contributed by atoms with Crippen molar-refractivity contribution in [3.8, 4) is 0 Å². The molecule has 110 valence electrons. The summed E-state index contributed by atoms with van der Waals surface area (Å²) >= 11 is 8.04. The topological polar surface area (TPSA) is 79.3 Å². The predicted octanol–water partition coefficient (Wildman–Crippen LogP) is 3.53. The second kappa shape index (κ2) is 6.93. The molecule has 0 saturated carbocycles. The van der Waals surface area contributed by atoms with Crippen molar-refractivity contribution >= 4 is 52.3 Å². The van der Waals surface area contributed by atoms with Crippen LogP contribution in [0.5, 0.6) is 0 Å². The van der Waals surface area contributed by atoms with Crippen LogP contribution in [0.4, 0.5) is 5.69 Å². The lowest BCUT2D eigenvalue weighted by molar-refractivity contribution is -0.113. The van der Waals surface area contributed by atoms with Crippen LogP contribution in [-0.2, 0) is 4.79 Å². The molecule has 21 heavy (non-hydrogen) atoms. The molecule has 2 aromatic rings. The number of carboxylic acids is 1. The highest BCUT2D eigenvalue weighted by atomic mass is 35.5. The second-order valence-corrected chi connectivity index (χ2v) is 6.70. The Morgan fingerprint density at radius 2 is 2.05 bits per heavy atom. The number of carbonyl (C=O) groups excluding carboxylic acids is 1. The number of hydrogen-bond acceptors (Lipinski definition) is 5. The maximum absolute atomic E-state index is 11.8. The molecule has 0 aliphatic heterocycles. The lowest BCUT2D eigenvalue weighted by Gasteiger charge is -2.03. The number of aromatic carboxylic acids is 1. The maximum Gasteiger partial charge on any atom is 0.347 e. The lowest BCUT2D eigenvalue weighted by Crippen LogP contribution is -2.13. The third-order valence-corrected chi connectivity index (χ3v) is 4.97. The van der Waals surface area contributed by atoms with Crippen LogP contribution in [0.2, 0.25) is 5.02 Å². The van der Waals surface area contributed by atoms with E-state index in [-0.39, 0.29) is 16.5 Å². The van der Waals surface area contributed by atoms with Crippen molar-refractivity contribution in [1.82, 2.24) is 4.98 Å². The van der Waals surface area contributed by atoms with Gasteiger partial charge in [0, 0.05) is 10.7 Å². The molecule has 0 fully saturated rings. The fourth-order valence-corrected chi connectivity index (χ4v) is 3.44. The zero-order chi connectivity index (χ0) is 15.4. The Morgan fingerprint density at radius 3 is 2.62 bits per heavy atom. The van der Waals surface area contributed by atoms with Gasteiger partial charge in [-0.15, -0.1) is 11.3 Å². The number of nitrogens with one attached hydrogen (secondary N) is 1. The van der Waals surface area contributed by atoms with Crippen molar-refractivity contribution in [1.29, 1.82) is 0 Å². The lowest BCUT2D eigenvalue weighted by atomic mass is 10.3. The zero-order valence-electron chi connectivity index (χ0n) is 10.9. The smallest absolute Gasteiger partial charge is 0.347 e. The number of thioether (sulfide) groups is 1. The van der Waals surface area contributed by atoms with E-state index in [1.807, 2.05) is 0 Å². The first-order valence-electron chi connectivity index (χ1n) is 5.84. The molecular formula is C13H11ClN2O3S2. The number of amides is 1. The third kappa shape index (κ3) is 4.45. The molecule has 2 N–H and O–H groups in total. The van der Waals surface area contributed by atoms with Crippen LogP contribution in [0.15, 0.2) is 28.6 Å². The number of carboxylic acid groups (broad SMARTS) is 1. The van der Waals surface area contributed by atoms with Crippen molar-refractivity contribution in [2.24, 2.45) is 0 Å². The van der Waals surface area contributed by atoms with Gasteiger partial charge in [-0.25, -0.2) is 9.78 Å². The van der Waals surface area contributed by atoms with Crippen LogP contribution in [0.1, 0.15) is 15.4 Å². The van der Waals surface area contributed by atoms with Crippen LogP contribution >= 0.6 is 34.7 Å². The van der Waals surface area contributed by atoms with E-state index in [0.29, 0.717) is 20.7 Å². The first kappa shape index (κ1) is 15.8. The summed E-state index contributed by atoms with van der Waals surface area (Å²) < 4.78 is 0.566. The highest BCUT2D eigenvalue weighted by molar-refractivity contribution is 8.01. The summed E-state index contributed by atoms with van der Waals surface area (Å²) in [6, 6.07) is 6.79. The van der Waals surface area contributed by atoms with E-state index in [4.69, 9.17) is 16.7 Å². The summed E-state index contributed by atoms with van der Waals surface area (Å²) in [5.41, 5.74) is 1.12. The molecule has 1 aromatic heterocycles. The predicted molar refractivity (Wildman–Crippen MR) is 84.6 cm³/mol. The van der Waals surface area contributed by atoms with Crippen molar-refractivity contribution in [2.75, 3.05) is 11.1 Å². The largest absolute Gasteiger partial charge is 0.477 e. The number of carbonyl (C=O) groups is 2. The molecule has 5 nitrogen and oxygen atoms in total. The molecule has 1 amide bonds. The van der Waals surface area contributed by atoms with Gasteiger partial charge in [0.2, 0.25) is 5.91 Å². The first-order valence-corrected chi connectivity index (χ1v) is 8.02. The minimum atomic E-state index is -0.998. The molecule has 1 aromatic carbocycles. The second-order valence-electron chi connectivity index (χ2n) is 4.04. The molecule has 0 spiro atoms. The van der Waals surface area contributed by atoms with Gasteiger partial charge in [-0.3, -0.25) is 4.79 Å². The van der Waals surface area contributed by atoms with E-state index < -0.39 is 5.97 Å². The van der Waals surface area contributed by atoms with Crippen LogP contribution in [0.25, 0.3) is 0 Å². The Labute approximate surface area is 134 Å². The van der Waals surface area contributed by atoms with E-state index in [1.165, 1.54) is 11.8 Å². The molecule has 1 heterocycles. The Kier molecular flexibility index (Phi) is 5.22. The van der Waals surface area contributed by atoms with Crippen LogP contribution < -0.4 is 5.32 Å². The van der Waals surface area contributed by atoms with Gasteiger partial charge in [0.05, 0.1) is 11.4 Å². The van der Waals surface area contributed by atoms with Gasteiger partial charge in [0.1, 0.15) is 4.88 Å². The summed E-state index contributed by atoms with van der Waals surface area (Å²) in [7, 11) is 0. The van der Waals surface area contributed by atoms with Crippen molar-refractivity contribution in [3.63, 3.8) is 0 Å². The number of aryl methyl sites for hydroxylation is 1. The van der Waals surface area contributed by atoms with Gasteiger partial charge >= 0.3 is 5.97 Å². The Bertz CT molecular complexity index is 671. The Hall–Kier alpha value is -1.57. The van der Waals surface area contributed by atoms with Gasteiger partial charge in [-0.2, -0.15) is 0 Å². The van der Waals surface area contributed by atoms with Crippen LogP contribution in [-0.4, -0.2) is 27.7 Å². The van der Waals surface area contributed by atoms with Crippen LogP contribution in [0.3, 0.4) is 0 Å². The minimum absolute atomic E-state index is 0.161. The molecule has 0 aliphatic carbocycles. The van der Waals surface area contributed by atoms with E-state index in [9.17, 15) is 9.59 Å². The SMILES string of the molecule is Cc1nc(SCC(=O)Nc2ccc(Cl)cc2)sc1C(=O)O. The van der Waals surface area contributed by atoms with Crippen molar-refractivity contribution < 1.29 is 14.7 Å². The standard InChI is InChI=1S/C13H11ClN2O3S2/c1-7-11(12(18)19)21-13(15-7)20-6-10(17)16-9-4-2-8(14)3-5-9/h2-5H,6H2,1H3,(H,16,17)(H,18,19). The Balaban J connectivity index is 1.90. The minimum Gasteiger partial charge on any atom is -0.477 e. The number of halogens is 1. The molecule has 0 saturated heterocycles. The molecule has 2 rings (SSSR count). The Morgan fingerprint density at radius 1 is 1.38 bits per heavy atom. The molecule has 0 radical (unpaired) electrons. The number of aromatic nitrogens is 1. The normalized spacial score (nSPS) is 10.4. The highest BCUT2D eigenvalue weighted by Crippen LogP contribution is 2.27. The highest BCUT2D eigenvalue weighted by Gasteiger charge is 2.15. The molecule has 0 bridgehead atoms. The molecule has 0 atom stereocenters. The third-order valence-electron chi connectivity index (χ3n) is 2.43. The number of nitrogens with zero attached hydrogens (tertiary/aromatic N) is 1. The quantitative estimate of drug-likeness (QED) is 0.812. The number of hydrogen-bond donors (Lipinski definition) is 2. The summed E-state index contributed by atoms with van der Waals surface area (Å²) in [4.78, 5) is 27.0. The van der Waals surface area contributed by atoms with Crippen molar-refractivity contribution in [2.45, 2.75) is 11.3 Å². The molecule has 0 unspecified atom stereocenters. The van der Waals surface area contributed by atoms with Gasteiger partial charge in [0.25, 0.3) is 0 Å². The monoisotopic (exact) mass is 342 g/mol. The molecular weight excluding hydrogens is 332 g/mol. The van der Waals surface area contributed by atoms with Gasteiger partial charge in [-0.1, -0.05) is 23.4 Å². The summed E-state index contributed by atoms with van der Waals surface area (Å²) in [5.74, 6) is -1.02. The first-order chi connectivity index (χ1) is 9.95. The van der Waals surface area contributed by atoms with E-state index in [1.54, 1.807) is 31.2 Å². The number of thiazole rings is 1. The average molecular weight is 343 g/mol. The summed E-state index contributed by atoms with van der Waals surface area (Å²) in [6.07, 6.45) is 0.